The zero-order valence-corrected chi connectivity index (χ0v) is 11.8. The second-order valence-electron chi connectivity index (χ2n) is 4.37. The SMILES string of the molecule is CC(=O)c1sc(N(CC(F)(F)F)C(C)C)nc1C(=O)O. The Kier molecular flexibility index (Phi) is 4.74. The van der Waals surface area contributed by atoms with Crippen molar-refractivity contribution in [1.29, 1.82) is 0 Å². The predicted molar refractivity (Wildman–Crippen MR) is 67.6 cm³/mol. The fourth-order valence-corrected chi connectivity index (χ4v) is 2.56. The fourth-order valence-electron chi connectivity index (χ4n) is 1.48. The predicted octanol–water partition coefficient (Wildman–Crippen LogP) is 2.82. The largest absolute Gasteiger partial charge is 0.476 e. The molecule has 1 heterocycles. The molecule has 0 aliphatic carbocycles. The molecule has 9 heteroatoms. The molecule has 0 amide bonds. The van der Waals surface area contributed by atoms with Gasteiger partial charge in [-0.05, 0) is 13.8 Å². The molecule has 0 unspecified atom stereocenters. The van der Waals surface area contributed by atoms with E-state index in [-0.39, 0.29) is 10.0 Å². The second kappa shape index (κ2) is 5.78. The fraction of sp³-hybridized carbons (Fsp3) is 0.545. The van der Waals surface area contributed by atoms with Gasteiger partial charge in [0.1, 0.15) is 11.4 Å². The van der Waals surface area contributed by atoms with E-state index in [1.807, 2.05) is 0 Å². The molecule has 1 aromatic rings. The quantitative estimate of drug-likeness (QED) is 0.847. The van der Waals surface area contributed by atoms with Gasteiger partial charge >= 0.3 is 12.1 Å². The summed E-state index contributed by atoms with van der Waals surface area (Å²) >= 11 is 0.657. The Bertz CT molecular complexity index is 494. The molecule has 0 aliphatic rings. The van der Waals surface area contributed by atoms with E-state index < -0.39 is 36.2 Å². The minimum absolute atomic E-state index is 0.125. The Morgan fingerprint density at radius 2 is 1.95 bits per heavy atom. The molecule has 0 bridgehead atoms. The summed E-state index contributed by atoms with van der Waals surface area (Å²) in [6.07, 6.45) is -4.45. The second-order valence-corrected chi connectivity index (χ2v) is 5.35. The lowest BCUT2D eigenvalue weighted by atomic mass is 10.3. The number of ketones is 1. The Labute approximate surface area is 117 Å². The third-order valence-electron chi connectivity index (χ3n) is 2.36. The summed E-state index contributed by atoms with van der Waals surface area (Å²) in [7, 11) is 0. The van der Waals surface area contributed by atoms with Gasteiger partial charge in [-0.25, -0.2) is 9.78 Å². The molecule has 0 saturated heterocycles. The number of carboxylic acid groups (broad SMARTS) is 1. The first-order valence-electron chi connectivity index (χ1n) is 5.61. The molecule has 112 valence electrons. The number of carbonyl (C=O) groups is 2. The Balaban J connectivity index is 3.25. The minimum atomic E-state index is -4.45. The van der Waals surface area contributed by atoms with Crippen molar-refractivity contribution in [2.24, 2.45) is 0 Å². The van der Waals surface area contributed by atoms with E-state index in [0.717, 1.165) is 11.8 Å². The summed E-state index contributed by atoms with van der Waals surface area (Å²) < 4.78 is 37.6. The Morgan fingerprint density at radius 3 is 2.25 bits per heavy atom. The van der Waals surface area contributed by atoms with E-state index in [2.05, 4.69) is 4.98 Å². The first kappa shape index (κ1) is 16.4. The number of halogens is 3. The van der Waals surface area contributed by atoms with Crippen molar-refractivity contribution in [2.45, 2.75) is 33.0 Å². The van der Waals surface area contributed by atoms with E-state index in [1.54, 1.807) is 0 Å². The lowest BCUT2D eigenvalue weighted by Crippen LogP contribution is -2.39. The van der Waals surface area contributed by atoms with Crippen LogP contribution in [0.15, 0.2) is 0 Å². The van der Waals surface area contributed by atoms with Gasteiger partial charge in [0.2, 0.25) is 0 Å². The van der Waals surface area contributed by atoms with Crippen molar-refractivity contribution in [3.8, 4) is 0 Å². The molecule has 20 heavy (non-hydrogen) atoms. The van der Waals surface area contributed by atoms with Crippen LogP contribution in [0.25, 0.3) is 0 Å². The van der Waals surface area contributed by atoms with E-state index in [9.17, 15) is 22.8 Å². The molecule has 5 nitrogen and oxygen atoms in total. The normalized spacial score (nSPS) is 11.8. The van der Waals surface area contributed by atoms with E-state index in [1.165, 1.54) is 13.8 Å². The van der Waals surface area contributed by atoms with Gasteiger partial charge in [0, 0.05) is 13.0 Å². The standard InChI is InChI=1S/C11H13F3N2O3S/c1-5(2)16(4-11(12,13)14)10-15-7(9(18)19)8(20-10)6(3)17/h5H,4H2,1-3H3,(H,18,19). The van der Waals surface area contributed by atoms with Crippen LogP contribution >= 0.6 is 11.3 Å². The highest BCUT2D eigenvalue weighted by atomic mass is 32.1. The first-order valence-corrected chi connectivity index (χ1v) is 6.43. The van der Waals surface area contributed by atoms with Gasteiger partial charge in [-0.2, -0.15) is 13.2 Å². The summed E-state index contributed by atoms with van der Waals surface area (Å²) in [6, 6.07) is -0.538. The number of alkyl halides is 3. The van der Waals surface area contributed by atoms with Crippen LogP contribution in [0.4, 0.5) is 18.3 Å². The Hall–Kier alpha value is -1.64. The third kappa shape index (κ3) is 3.92. The van der Waals surface area contributed by atoms with Crippen LogP contribution in [-0.4, -0.2) is 40.6 Å². The van der Waals surface area contributed by atoms with Crippen LogP contribution in [0.3, 0.4) is 0 Å². The first-order chi connectivity index (χ1) is 9.03. The monoisotopic (exact) mass is 310 g/mol. The molecule has 0 radical (unpaired) electrons. The highest BCUT2D eigenvalue weighted by Crippen LogP contribution is 2.30. The zero-order valence-electron chi connectivity index (χ0n) is 11.0. The smallest absolute Gasteiger partial charge is 0.406 e. The van der Waals surface area contributed by atoms with Crippen molar-refractivity contribution in [3.05, 3.63) is 10.6 Å². The summed E-state index contributed by atoms with van der Waals surface area (Å²) in [5, 5.41) is 8.81. The van der Waals surface area contributed by atoms with Crippen LogP contribution in [0.1, 0.15) is 40.9 Å². The summed E-state index contributed by atoms with van der Waals surface area (Å²) in [5.41, 5.74) is -0.509. The maximum absolute atomic E-state index is 12.5. The summed E-state index contributed by atoms with van der Waals surface area (Å²) in [6.45, 7) is 2.95. The van der Waals surface area contributed by atoms with Gasteiger partial charge < -0.3 is 10.0 Å². The number of anilines is 1. The minimum Gasteiger partial charge on any atom is -0.476 e. The summed E-state index contributed by atoms with van der Waals surface area (Å²) in [5.74, 6) is -1.98. The number of hydrogen-bond acceptors (Lipinski definition) is 5. The molecule has 0 aliphatic heterocycles. The number of hydrogen-bond donors (Lipinski definition) is 1. The van der Waals surface area contributed by atoms with E-state index >= 15 is 0 Å². The molecule has 0 saturated carbocycles. The zero-order chi connectivity index (χ0) is 15.7. The van der Waals surface area contributed by atoms with Crippen LogP contribution in [0.2, 0.25) is 0 Å². The molecule has 1 N–H and O–H groups in total. The molecule has 1 aromatic heterocycles. The van der Waals surface area contributed by atoms with Gasteiger partial charge in [0.25, 0.3) is 0 Å². The van der Waals surface area contributed by atoms with Crippen LogP contribution in [0.5, 0.6) is 0 Å². The molecule has 0 fully saturated rings. The number of Topliss-reactive ketones (excluding diaryl/α,β-unsaturated/α-hetero) is 1. The van der Waals surface area contributed by atoms with Crippen LogP contribution in [-0.2, 0) is 0 Å². The number of aromatic nitrogens is 1. The van der Waals surface area contributed by atoms with Gasteiger partial charge in [-0.1, -0.05) is 11.3 Å². The molecule has 0 atom stereocenters. The highest BCUT2D eigenvalue weighted by Gasteiger charge is 2.34. The van der Waals surface area contributed by atoms with Gasteiger partial charge in [0.15, 0.2) is 16.6 Å². The van der Waals surface area contributed by atoms with Crippen molar-refractivity contribution in [2.75, 3.05) is 11.4 Å². The van der Waals surface area contributed by atoms with Crippen LogP contribution in [0, 0.1) is 0 Å². The lowest BCUT2D eigenvalue weighted by Gasteiger charge is -2.26. The van der Waals surface area contributed by atoms with Crippen molar-refractivity contribution < 1.29 is 27.9 Å². The average Bonchev–Trinajstić information content (AvgIpc) is 2.68. The van der Waals surface area contributed by atoms with Crippen molar-refractivity contribution >= 4 is 28.2 Å². The number of carbonyl (C=O) groups excluding carboxylic acids is 1. The van der Waals surface area contributed by atoms with Gasteiger partial charge in [-0.3, -0.25) is 4.79 Å². The number of nitrogens with zero attached hydrogens (tertiary/aromatic N) is 2. The molecule has 0 aromatic carbocycles. The van der Waals surface area contributed by atoms with Crippen LogP contribution < -0.4 is 4.90 Å². The number of rotatable bonds is 5. The van der Waals surface area contributed by atoms with Crippen molar-refractivity contribution in [1.82, 2.24) is 4.98 Å². The van der Waals surface area contributed by atoms with E-state index in [4.69, 9.17) is 5.11 Å². The molecular formula is C11H13F3N2O3S. The molecule has 1 rings (SSSR count). The number of thiazole rings is 1. The van der Waals surface area contributed by atoms with Gasteiger partial charge in [0.05, 0.1) is 0 Å². The van der Waals surface area contributed by atoms with Crippen molar-refractivity contribution in [3.63, 3.8) is 0 Å². The lowest BCUT2D eigenvalue weighted by molar-refractivity contribution is -0.120. The summed E-state index contributed by atoms with van der Waals surface area (Å²) in [4.78, 5) is 26.7. The third-order valence-corrected chi connectivity index (χ3v) is 3.55. The van der Waals surface area contributed by atoms with E-state index in [0.29, 0.717) is 11.3 Å². The topological polar surface area (TPSA) is 70.5 Å². The average molecular weight is 310 g/mol. The molecule has 0 spiro atoms. The highest BCUT2D eigenvalue weighted by molar-refractivity contribution is 7.17. The Morgan fingerprint density at radius 1 is 1.40 bits per heavy atom. The van der Waals surface area contributed by atoms with Gasteiger partial charge in [-0.15, -0.1) is 0 Å². The number of aromatic carboxylic acids is 1. The maximum Gasteiger partial charge on any atom is 0.406 e. The number of carboxylic acids is 1. The molecular weight excluding hydrogens is 297 g/mol. The maximum atomic E-state index is 12.5.